The first-order chi connectivity index (χ1) is 7.61. The lowest BCUT2D eigenvalue weighted by Crippen LogP contribution is -2.41. The minimum Gasteiger partial charge on any atom is -0.394 e. The monoisotopic (exact) mass is 242 g/mol. The molecular weight excluding hydrogens is 228 g/mol. The summed E-state index contributed by atoms with van der Waals surface area (Å²) in [5.74, 6) is 0. The van der Waals surface area contributed by atoms with Gasteiger partial charge in [-0.15, -0.1) is 0 Å². The Kier molecular flexibility index (Phi) is 5.08. The number of halogens is 1. The number of urea groups is 1. The Bertz CT molecular complexity index is 340. The molecule has 0 spiro atoms. The zero-order valence-corrected chi connectivity index (χ0v) is 9.79. The molecule has 0 aliphatic rings. The SMILES string of the molecule is CC(CO)NC(=O)NCc1ccc(Cl)cc1. The molecule has 0 bridgehead atoms. The van der Waals surface area contributed by atoms with Gasteiger partial charge in [-0.1, -0.05) is 23.7 Å². The second kappa shape index (κ2) is 6.35. The number of hydrogen-bond acceptors (Lipinski definition) is 2. The van der Waals surface area contributed by atoms with Gasteiger partial charge in [0, 0.05) is 11.6 Å². The summed E-state index contributed by atoms with van der Waals surface area (Å²) in [4.78, 5) is 11.3. The molecular formula is C11H15ClN2O2. The average molecular weight is 243 g/mol. The molecule has 88 valence electrons. The van der Waals surface area contributed by atoms with Gasteiger partial charge < -0.3 is 15.7 Å². The zero-order valence-electron chi connectivity index (χ0n) is 9.03. The molecule has 0 saturated carbocycles. The summed E-state index contributed by atoms with van der Waals surface area (Å²) in [6.45, 7) is 2.08. The Morgan fingerprint density at radius 3 is 2.62 bits per heavy atom. The van der Waals surface area contributed by atoms with Gasteiger partial charge in [-0.05, 0) is 24.6 Å². The molecule has 1 aromatic carbocycles. The van der Waals surface area contributed by atoms with E-state index in [9.17, 15) is 4.79 Å². The summed E-state index contributed by atoms with van der Waals surface area (Å²) in [7, 11) is 0. The van der Waals surface area contributed by atoms with Crippen molar-refractivity contribution in [1.82, 2.24) is 10.6 Å². The lowest BCUT2D eigenvalue weighted by molar-refractivity contribution is 0.220. The quantitative estimate of drug-likeness (QED) is 0.750. The Labute approximate surface area is 99.6 Å². The van der Waals surface area contributed by atoms with Crippen LogP contribution in [0, 0.1) is 0 Å². The van der Waals surface area contributed by atoms with Crippen molar-refractivity contribution < 1.29 is 9.90 Å². The van der Waals surface area contributed by atoms with Crippen LogP contribution in [0.5, 0.6) is 0 Å². The van der Waals surface area contributed by atoms with Gasteiger partial charge in [0.2, 0.25) is 0 Å². The number of carbonyl (C=O) groups is 1. The minimum absolute atomic E-state index is 0.0750. The Morgan fingerprint density at radius 2 is 2.06 bits per heavy atom. The van der Waals surface area contributed by atoms with Crippen molar-refractivity contribution in [3.63, 3.8) is 0 Å². The highest BCUT2D eigenvalue weighted by atomic mass is 35.5. The van der Waals surface area contributed by atoms with Crippen molar-refractivity contribution >= 4 is 17.6 Å². The summed E-state index contributed by atoms with van der Waals surface area (Å²) < 4.78 is 0. The molecule has 0 saturated heterocycles. The fourth-order valence-corrected chi connectivity index (χ4v) is 1.23. The molecule has 0 aromatic heterocycles. The lowest BCUT2D eigenvalue weighted by Gasteiger charge is -2.11. The molecule has 1 rings (SSSR count). The van der Waals surface area contributed by atoms with Gasteiger partial charge in [-0.25, -0.2) is 4.79 Å². The highest BCUT2D eigenvalue weighted by molar-refractivity contribution is 6.30. The first-order valence-electron chi connectivity index (χ1n) is 5.01. The van der Waals surface area contributed by atoms with Crippen LogP contribution in [0.15, 0.2) is 24.3 Å². The van der Waals surface area contributed by atoms with E-state index in [0.717, 1.165) is 5.56 Å². The zero-order chi connectivity index (χ0) is 12.0. The molecule has 1 aromatic rings. The van der Waals surface area contributed by atoms with Crippen molar-refractivity contribution in [3.05, 3.63) is 34.9 Å². The normalized spacial score (nSPS) is 11.9. The highest BCUT2D eigenvalue weighted by Crippen LogP contribution is 2.08. The summed E-state index contributed by atoms with van der Waals surface area (Å²) in [5, 5.41) is 14.7. The van der Waals surface area contributed by atoms with Gasteiger partial charge in [-0.2, -0.15) is 0 Å². The Hall–Kier alpha value is -1.26. The predicted octanol–water partition coefficient (Wildman–Crippen LogP) is 1.52. The maximum absolute atomic E-state index is 11.3. The van der Waals surface area contributed by atoms with Gasteiger partial charge in [0.25, 0.3) is 0 Å². The number of rotatable bonds is 4. The average Bonchev–Trinajstić information content (AvgIpc) is 2.28. The van der Waals surface area contributed by atoms with Crippen molar-refractivity contribution in [1.29, 1.82) is 0 Å². The first kappa shape index (κ1) is 12.8. The van der Waals surface area contributed by atoms with Crippen LogP contribution < -0.4 is 10.6 Å². The number of benzene rings is 1. The number of amides is 2. The number of carbonyl (C=O) groups excluding carboxylic acids is 1. The molecule has 3 N–H and O–H groups in total. The number of aliphatic hydroxyl groups is 1. The summed E-state index contributed by atoms with van der Waals surface area (Å²) in [5.41, 5.74) is 0.969. The topological polar surface area (TPSA) is 61.4 Å². The second-order valence-corrected chi connectivity index (χ2v) is 3.97. The fraction of sp³-hybridized carbons (Fsp3) is 0.364. The lowest BCUT2D eigenvalue weighted by atomic mass is 10.2. The standard InChI is InChI=1S/C11H15ClN2O2/c1-8(7-15)14-11(16)13-6-9-2-4-10(12)5-3-9/h2-5,8,15H,6-7H2,1H3,(H2,13,14,16). The van der Waals surface area contributed by atoms with E-state index in [2.05, 4.69) is 10.6 Å². The molecule has 0 aliphatic carbocycles. The van der Waals surface area contributed by atoms with Crippen LogP contribution >= 0.6 is 11.6 Å². The van der Waals surface area contributed by atoms with Gasteiger partial charge in [0.05, 0.1) is 12.6 Å². The summed E-state index contributed by atoms with van der Waals surface area (Å²) >= 11 is 5.73. The van der Waals surface area contributed by atoms with Crippen LogP contribution in [0.2, 0.25) is 5.02 Å². The van der Waals surface area contributed by atoms with Crippen molar-refractivity contribution in [2.24, 2.45) is 0 Å². The van der Waals surface area contributed by atoms with E-state index in [1.807, 2.05) is 12.1 Å². The smallest absolute Gasteiger partial charge is 0.315 e. The molecule has 0 heterocycles. The molecule has 16 heavy (non-hydrogen) atoms. The van der Waals surface area contributed by atoms with Crippen molar-refractivity contribution in [2.75, 3.05) is 6.61 Å². The van der Waals surface area contributed by atoms with Crippen LogP contribution in [0.1, 0.15) is 12.5 Å². The molecule has 5 heteroatoms. The van der Waals surface area contributed by atoms with Crippen molar-refractivity contribution in [3.8, 4) is 0 Å². The van der Waals surface area contributed by atoms with Gasteiger partial charge in [-0.3, -0.25) is 0 Å². The van der Waals surface area contributed by atoms with E-state index in [1.165, 1.54) is 0 Å². The van der Waals surface area contributed by atoms with Crippen LogP contribution in [0.4, 0.5) is 4.79 Å². The molecule has 2 amide bonds. The fourth-order valence-electron chi connectivity index (χ4n) is 1.11. The minimum atomic E-state index is -0.295. The predicted molar refractivity (Wildman–Crippen MR) is 63.4 cm³/mol. The van der Waals surface area contributed by atoms with Crippen LogP contribution in [0.3, 0.4) is 0 Å². The third-order valence-electron chi connectivity index (χ3n) is 2.02. The molecule has 0 radical (unpaired) electrons. The Morgan fingerprint density at radius 1 is 1.44 bits per heavy atom. The maximum Gasteiger partial charge on any atom is 0.315 e. The van der Waals surface area contributed by atoms with Crippen LogP contribution in [-0.2, 0) is 6.54 Å². The first-order valence-corrected chi connectivity index (χ1v) is 5.39. The van der Waals surface area contributed by atoms with E-state index in [-0.39, 0.29) is 18.7 Å². The second-order valence-electron chi connectivity index (χ2n) is 3.54. The summed E-state index contributed by atoms with van der Waals surface area (Å²) in [6.07, 6.45) is 0. The number of aliphatic hydroxyl groups excluding tert-OH is 1. The van der Waals surface area contributed by atoms with E-state index in [0.29, 0.717) is 11.6 Å². The van der Waals surface area contributed by atoms with Crippen LogP contribution in [0.25, 0.3) is 0 Å². The largest absolute Gasteiger partial charge is 0.394 e. The molecule has 0 fully saturated rings. The number of nitrogens with one attached hydrogen (secondary N) is 2. The van der Waals surface area contributed by atoms with Crippen molar-refractivity contribution in [2.45, 2.75) is 19.5 Å². The van der Waals surface area contributed by atoms with Crippen LogP contribution in [-0.4, -0.2) is 23.8 Å². The summed E-state index contributed by atoms with van der Waals surface area (Å²) in [6, 6.07) is 6.69. The van der Waals surface area contributed by atoms with E-state index < -0.39 is 0 Å². The van der Waals surface area contributed by atoms with Gasteiger partial charge in [0.1, 0.15) is 0 Å². The highest BCUT2D eigenvalue weighted by Gasteiger charge is 2.04. The van der Waals surface area contributed by atoms with E-state index >= 15 is 0 Å². The molecule has 1 unspecified atom stereocenters. The molecule has 1 atom stereocenters. The molecule has 0 aliphatic heterocycles. The third-order valence-corrected chi connectivity index (χ3v) is 2.27. The maximum atomic E-state index is 11.3. The molecule has 4 nitrogen and oxygen atoms in total. The van der Waals surface area contributed by atoms with E-state index in [1.54, 1.807) is 19.1 Å². The number of hydrogen-bond donors (Lipinski definition) is 3. The third kappa shape index (κ3) is 4.51. The van der Waals surface area contributed by atoms with E-state index in [4.69, 9.17) is 16.7 Å². The van der Waals surface area contributed by atoms with Gasteiger partial charge >= 0.3 is 6.03 Å². The Balaban J connectivity index is 2.34. The van der Waals surface area contributed by atoms with Gasteiger partial charge in [0.15, 0.2) is 0 Å².